The maximum absolute atomic E-state index is 14.0. The number of ether oxygens (including phenoxy) is 1. The van der Waals surface area contributed by atoms with Crippen LogP contribution in [0, 0.1) is 12.7 Å². The number of thiazole rings is 1. The van der Waals surface area contributed by atoms with Gasteiger partial charge in [-0.05, 0) is 49.4 Å². The molecule has 1 N–H and O–H groups in total. The Hall–Kier alpha value is -2.49. The van der Waals surface area contributed by atoms with E-state index >= 15 is 0 Å². The molecule has 1 aromatic heterocycles. The van der Waals surface area contributed by atoms with Gasteiger partial charge in [-0.15, -0.1) is 11.3 Å². The Morgan fingerprint density at radius 1 is 1.24 bits per heavy atom. The van der Waals surface area contributed by atoms with Crippen LogP contribution in [0.15, 0.2) is 47.4 Å². The van der Waals surface area contributed by atoms with E-state index in [1.165, 1.54) is 0 Å². The van der Waals surface area contributed by atoms with Gasteiger partial charge in [0.25, 0.3) is 5.91 Å². The van der Waals surface area contributed by atoms with Gasteiger partial charge in [-0.25, -0.2) is 17.8 Å². The van der Waals surface area contributed by atoms with E-state index in [4.69, 9.17) is 16.3 Å². The molecule has 1 amide bonds. The number of halogens is 2. The van der Waals surface area contributed by atoms with Crippen LogP contribution >= 0.6 is 22.9 Å². The van der Waals surface area contributed by atoms with Gasteiger partial charge >= 0.3 is 0 Å². The molecule has 0 aliphatic rings. The Labute approximate surface area is 176 Å². The van der Waals surface area contributed by atoms with Crippen LogP contribution in [0.1, 0.15) is 20.4 Å². The topological polar surface area (TPSA) is 85.4 Å². The fraction of sp³-hybridized carbons (Fsp3) is 0.158. The van der Waals surface area contributed by atoms with Gasteiger partial charge in [-0.3, -0.25) is 4.79 Å². The van der Waals surface area contributed by atoms with Crippen LogP contribution in [-0.4, -0.2) is 25.6 Å². The minimum absolute atomic E-state index is 0.0905. The van der Waals surface area contributed by atoms with Gasteiger partial charge in [0.2, 0.25) is 0 Å². The first-order valence-electron chi connectivity index (χ1n) is 8.29. The van der Waals surface area contributed by atoms with Gasteiger partial charge < -0.3 is 10.1 Å². The number of nitrogens with zero attached hydrogens (tertiary/aromatic N) is 1. The van der Waals surface area contributed by atoms with Gasteiger partial charge in [0, 0.05) is 11.3 Å². The predicted octanol–water partition coefficient (Wildman–Crippen LogP) is 4.48. The second-order valence-corrected chi connectivity index (χ2v) is 9.67. The number of carbonyl (C=O) groups excluding carboxylic acids is 1. The molecule has 1 heterocycles. The predicted molar refractivity (Wildman–Crippen MR) is 110 cm³/mol. The Balaban J connectivity index is 1.74. The number of rotatable bonds is 6. The average molecular weight is 455 g/mol. The third-order valence-corrected chi connectivity index (χ3v) is 6.33. The van der Waals surface area contributed by atoms with E-state index in [1.807, 2.05) is 0 Å². The molecule has 2 aromatic carbocycles. The first-order valence-corrected chi connectivity index (χ1v) is 11.4. The third-order valence-electron chi connectivity index (χ3n) is 3.84. The van der Waals surface area contributed by atoms with Crippen LogP contribution in [0.5, 0.6) is 5.75 Å². The zero-order valence-electron chi connectivity index (χ0n) is 15.4. The van der Waals surface area contributed by atoms with Crippen LogP contribution in [0.3, 0.4) is 0 Å². The molecule has 0 aliphatic carbocycles. The van der Waals surface area contributed by atoms with Crippen LogP contribution in [0.4, 0.5) is 10.1 Å². The molecule has 0 bridgehead atoms. The lowest BCUT2D eigenvalue weighted by Gasteiger charge is -2.07. The molecule has 6 nitrogen and oxygen atoms in total. The summed E-state index contributed by atoms with van der Waals surface area (Å²) in [6, 6.07) is 10.1. The van der Waals surface area contributed by atoms with Crippen molar-refractivity contribution in [1.29, 1.82) is 0 Å². The summed E-state index contributed by atoms with van der Waals surface area (Å²) < 4.78 is 42.9. The SMILES string of the molecule is Cc1nc(COc2ccc(Cl)cc2)sc1C(=O)Nc1cc(S(C)(=O)=O)ccc1F. The summed E-state index contributed by atoms with van der Waals surface area (Å²) >= 11 is 6.94. The van der Waals surface area contributed by atoms with Crippen LogP contribution < -0.4 is 10.1 Å². The van der Waals surface area contributed by atoms with E-state index in [2.05, 4.69) is 10.3 Å². The minimum atomic E-state index is -3.54. The Morgan fingerprint density at radius 2 is 1.93 bits per heavy atom. The van der Waals surface area contributed by atoms with Crippen molar-refractivity contribution in [1.82, 2.24) is 4.98 Å². The number of amides is 1. The number of anilines is 1. The second-order valence-electron chi connectivity index (χ2n) is 6.13. The number of sulfone groups is 1. The molecular formula is C19H16ClFN2O4S2. The van der Waals surface area contributed by atoms with E-state index < -0.39 is 21.6 Å². The number of nitrogens with one attached hydrogen (secondary N) is 1. The Morgan fingerprint density at radius 3 is 2.59 bits per heavy atom. The van der Waals surface area contributed by atoms with Gasteiger partial charge in [0.1, 0.15) is 28.1 Å². The Kier molecular flexibility index (Phi) is 6.21. The first-order chi connectivity index (χ1) is 13.6. The summed E-state index contributed by atoms with van der Waals surface area (Å²) in [6.07, 6.45) is 1.01. The van der Waals surface area contributed by atoms with E-state index in [0.29, 0.717) is 21.5 Å². The Bertz CT molecular complexity index is 1160. The highest BCUT2D eigenvalue weighted by molar-refractivity contribution is 7.90. The summed E-state index contributed by atoms with van der Waals surface area (Å²) in [5, 5.41) is 3.56. The highest BCUT2D eigenvalue weighted by Crippen LogP contribution is 2.24. The first kappa shape index (κ1) is 21.2. The van der Waals surface area contributed by atoms with E-state index in [0.717, 1.165) is 35.8 Å². The zero-order valence-corrected chi connectivity index (χ0v) is 17.8. The molecule has 0 spiro atoms. The molecule has 0 atom stereocenters. The van der Waals surface area contributed by atoms with Gasteiger partial charge in [0.05, 0.1) is 16.3 Å². The van der Waals surface area contributed by atoms with Crippen molar-refractivity contribution in [3.8, 4) is 5.75 Å². The molecule has 3 aromatic rings. The molecule has 0 radical (unpaired) electrons. The van der Waals surface area contributed by atoms with Crippen LogP contribution in [-0.2, 0) is 16.4 Å². The number of carbonyl (C=O) groups is 1. The fourth-order valence-electron chi connectivity index (χ4n) is 2.41. The molecular weight excluding hydrogens is 439 g/mol. The average Bonchev–Trinajstić information content (AvgIpc) is 3.03. The maximum atomic E-state index is 14.0. The van der Waals surface area contributed by atoms with Crippen LogP contribution in [0.2, 0.25) is 5.02 Å². The summed E-state index contributed by atoms with van der Waals surface area (Å²) in [5.41, 5.74) is 0.242. The molecule has 0 unspecified atom stereocenters. The standard InChI is InChI=1S/C19H16ClFN2O4S2/c1-11-18(28-17(22-11)10-27-13-5-3-12(20)4-6-13)19(24)23-16-9-14(29(2,25)26)7-8-15(16)21/h3-9H,10H2,1-2H3,(H,23,24). The van der Waals surface area contributed by atoms with Crippen molar-refractivity contribution in [3.05, 3.63) is 68.9 Å². The maximum Gasteiger partial charge on any atom is 0.267 e. The lowest BCUT2D eigenvalue weighted by Crippen LogP contribution is -2.13. The normalized spacial score (nSPS) is 11.3. The summed E-state index contributed by atoms with van der Waals surface area (Å²) in [5.74, 6) is -0.713. The third kappa shape index (κ3) is 5.31. The summed E-state index contributed by atoms with van der Waals surface area (Å²) in [4.78, 5) is 17.1. The molecule has 0 fully saturated rings. The second kappa shape index (κ2) is 8.48. The number of aryl methyl sites for hydroxylation is 1. The van der Waals surface area contributed by atoms with Crippen molar-refractivity contribution in [2.24, 2.45) is 0 Å². The minimum Gasteiger partial charge on any atom is -0.486 e. The number of hydrogen-bond donors (Lipinski definition) is 1. The van der Waals surface area contributed by atoms with Gasteiger partial charge in [-0.1, -0.05) is 11.6 Å². The zero-order chi connectivity index (χ0) is 21.2. The number of hydrogen-bond acceptors (Lipinski definition) is 6. The molecule has 29 heavy (non-hydrogen) atoms. The van der Waals surface area contributed by atoms with Gasteiger partial charge in [0.15, 0.2) is 9.84 Å². The van der Waals surface area contributed by atoms with E-state index in [-0.39, 0.29) is 22.1 Å². The number of benzene rings is 2. The largest absolute Gasteiger partial charge is 0.486 e. The fourth-order valence-corrected chi connectivity index (χ4v) is 4.06. The molecule has 0 aliphatic heterocycles. The van der Waals surface area contributed by atoms with Gasteiger partial charge in [-0.2, -0.15) is 0 Å². The highest BCUT2D eigenvalue weighted by atomic mass is 35.5. The highest BCUT2D eigenvalue weighted by Gasteiger charge is 2.18. The molecule has 0 saturated carbocycles. The number of aromatic nitrogens is 1. The van der Waals surface area contributed by atoms with E-state index in [9.17, 15) is 17.6 Å². The molecule has 152 valence electrons. The smallest absolute Gasteiger partial charge is 0.267 e. The van der Waals surface area contributed by atoms with Crippen LogP contribution in [0.25, 0.3) is 0 Å². The van der Waals surface area contributed by atoms with Crippen molar-refractivity contribution < 1.29 is 22.3 Å². The van der Waals surface area contributed by atoms with Crippen molar-refractivity contribution >= 4 is 44.4 Å². The summed E-state index contributed by atoms with van der Waals surface area (Å²) in [7, 11) is -3.54. The molecule has 10 heteroatoms. The lowest BCUT2D eigenvalue weighted by molar-refractivity contribution is 0.102. The quantitative estimate of drug-likeness (QED) is 0.555. The lowest BCUT2D eigenvalue weighted by atomic mass is 10.3. The molecule has 3 rings (SSSR count). The van der Waals surface area contributed by atoms with Crippen molar-refractivity contribution in [2.45, 2.75) is 18.4 Å². The van der Waals surface area contributed by atoms with Crippen molar-refractivity contribution in [3.63, 3.8) is 0 Å². The molecule has 0 saturated heterocycles. The van der Waals surface area contributed by atoms with E-state index in [1.54, 1.807) is 31.2 Å². The van der Waals surface area contributed by atoms with Crippen molar-refractivity contribution in [2.75, 3.05) is 11.6 Å². The monoisotopic (exact) mass is 454 g/mol. The summed E-state index contributed by atoms with van der Waals surface area (Å²) in [6.45, 7) is 1.80.